The molecule has 1 atom stereocenters. The molecule has 0 saturated carbocycles. The molecule has 0 radical (unpaired) electrons. The number of thioether (sulfide) groups is 1. The molecule has 0 spiro atoms. The minimum absolute atomic E-state index is 0.128. The van der Waals surface area contributed by atoms with E-state index >= 15 is 0 Å². The van der Waals surface area contributed by atoms with Gasteiger partial charge >= 0.3 is 12.6 Å². The second kappa shape index (κ2) is 8.52. The maximum atomic E-state index is 12.9. The molecule has 6 nitrogen and oxygen atoms in total. The first-order valence-corrected chi connectivity index (χ1v) is 10.2. The van der Waals surface area contributed by atoms with Gasteiger partial charge in [-0.15, -0.1) is 0 Å². The number of esters is 1. The van der Waals surface area contributed by atoms with Gasteiger partial charge in [0.15, 0.2) is 0 Å². The number of halogens is 3. The number of carbonyl (C=O) groups is 1. The van der Waals surface area contributed by atoms with Crippen LogP contribution in [0.5, 0.6) is 5.75 Å². The summed E-state index contributed by atoms with van der Waals surface area (Å²) in [6.45, 7) is -1.18. The van der Waals surface area contributed by atoms with Gasteiger partial charge in [-0.05, 0) is 25.1 Å². The Balaban J connectivity index is 2.32. The predicted octanol–water partition coefficient (Wildman–Crippen LogP) is 2.61. The molecule has 1 aromatic rings. The van der Waals surface area contributed by atoms with Crippen LogP contribution in [0.25, 0.3) is 0 Å². The van der Waals surface area contributed by atoms with Gasteiger partial charge in [0.05, 0.1) is 16.5 Å². The average molecular weight is 416 g/mol. The van der Waals surface area contributed by atoms with Gasteiger partial charge in [-0.1, -0.05) is 11.6 Å². The summed E-state index contributed by atoms with van der Waals surface area (Å²) in [5.74, 6) is -0.151. The van der Waals surface area contributed by atoms with E-state index < -0.39 is 28.6 Å². The number of alkyl halides is 2. The van der Waals surface area contributed by atoms with Crippen molar-refractivity contribution in [1.82, 2.24) is 4.31 Å². The average Bonchev–Trinajstić information content (AvgIpc) is 2.56. The number of benzene rings is 1. The monoisotopic (exact) mass is 415 g/mol. The lowest BCUT2D eigenvalue weighted by molar-refractivity contribution is -0.147. The number of rotatable bonds is 6. The smallest absolute Gasteiger partial charge is 0.387 e. The summed E-state index contributed by atoms with van der Waals surface area (Å²) >= 11 is 7.28. The number of hydrogen-bond acceptors (Lipinski definition) is 6. The molecule has 1 heterocycles. The lowest BCUT2D eigenvalue weighted by atomic mass is 10.3. The van der Waals surface area contributed by atoms with Crippen LogP contribution in [0.15, 0.2) is 23.1 Å². The summed E-state index contributed by atoms with van der Waals surface area (Å²) in [4.78, 5) is 11.8. The van der Waals surface area contributed by atoms with Crippen LogP contribution in [-0.2, 0) is 19.6 Å². The summed E-state index contributed by atoms with van der Waals surface area (Å²) in [6.07, 6.45) is 0. The number of nitrogens with zero attached hydrogens (tertiary/aromatic N) is 1. The van der Waals surface area contributed by atoms with Gasteiger partial charge in [0.2, 0.25) is 10.0 Å². The van der Waals surface area contributed by atoms with Crippen molar-refractivity contribution in [3.63, 3.8) is 0 Å². The molecule has 1 fully saturated rings. The summed E-state index contributed by atoms with van der Waals surface area (Å²) in [5, 5.41) is -0.263. The third-order valence-electron chi connectivity index (χ3n) is 3.36. The lowest BCUT2D eigenvalue weighted by Gasteiger charge is -2.32. The van der Waals surface area contributed by atoms with Crippen LogP contribution < -0.4 is 4.74 Å². The van der Waals surface area contributed by atoms with Crippen LogP contribution in [0, 0.1) is 0 Å². The molecule has 0 aliphatic carbocycles. The van der Waals surface area contributed by atoms with Crippen molar-refractivity contribution in [2.45, 2.75) is 24.5 Å². The van der Waals surface area contributed by atoms with Crippen molar-refractivity contribution in [2.24, 2.45) is 0 Å². The Kier molecular flexibility index (Phi) is 6.89. The Morgan fingerprint density at radius 3 is 2.80 bits per heavy atom. The topological polar surface area (TPSA) is 72.9 Å². The first kappa shape index (κ1) is 20.2. The van der Waals surface area contributed by atoms with E-state index in [2.05, 4.69) is 4.74 Å². The summed E-state index contributed by atoms with van der Waals surface area (Å²) in [5.41, 5.74) is 0. The van der Waals surface area contributed by atoms with E-state index in [1.165, 1.54) is 11.8 Å². The molecule has 0 N–H and O–H groups in total. The van der Waals surface area contributed by atoms with E-state index in [9.17, 15) is 22.0 Å². The van der Waals surface area contributed by atoms with Crippen molar-refractivity contribution >= 4 is 39.4 Å². The molecule has 1 saturated heterocycles. The molecule has 1 aliphatic rings. The van der Waals surface area contributed by atoms with Crippen LogP contribution in [0.3, 0.4) is 0 Å². The Morgan fingerprint density at radius 2 is 2.20 bits per heavy atom. The van der Waals surface area contributed by atoms with Gasteiger partial charge in [-0.3, -0.25) is 4.79 Å². The van der Waals surface area contributed by atoms with Crippen LogP contribution >= 0.6 is 23.4 Å². The van der Waals surface area contributed by atoms with Crippen LogP contribution in [0.2, 0.25) is 5.02 Å². The normalized spacial score (nSPS) is 19.0. The zero-order chi connectivity index (χ0) is 18.6. The molecule has 1 aromatic carbocycles. The maximum Gasteiger partial charge on any atom is 0.387 e. The SMILES string of the molecule is CCOC(=O)[C@H]1CSCCN1S(=O)(=O)c1ccc(OC(F)F)c(Cl)c1. The van der Waals surface area contributed by atoms with Crippen molar-refractivity contribution in [2.75, 3.05) is 24.7 Å². The molecule has 0 bridgehead atoms. The molecule has 0 amide bonds. The third kappa shape index (κ3) is 4.75. The Morgan fingerprint density at radius 1 is 1.48 bits per heavy atom. The van der Waals surface area contributed by atoms with Gasteiger partial charge in [0, 0.05) is 18.1 Å². The first-order chi connectivity index (χ1) is 11.8. The van der Waals surface area contributed by atoms with E-state index in [0.29, 0.717) is 5.75 Å². The zero-order valence-electron chi connectivity index (χ0n) is 13.2. The fourth-order valence-corrected chi connectivity index (χ4v) is 5.41. The molecular formula is C14H16ClF2NO5S2. The molecular weight excluding hydrogens is 400 g/mol. The standard InChI is InChI=1S/C14H16ClF2NO5S2/c1-2-22-13(19)11-8-24-6-5-18(11)25(20,21)9-3-4-12(10(15)7-9)23-14(16)17/h3-4,7,11,14H,2,5-6,8H2,1H3/t11-/m1/s1. The molecule has 11 heteroatoms. The number of carbonyl (C=O) groups excluding carboxylic acids is 1. The van der Waals surface area contributed by atoms with Crippen LogP contribution in [0.1, 0.15) is 6.92 Å². The highest BCUT2D eigenvalue weighted by Crippen LogP contribution is 2.31. The molecule has 0 unspecified atom stereocenters. The van der Waals surface area contributed by atoms with Gasteiger partial charge in [-0.2, -0.15) is 24.8 Å². The van der Waals surface area contributed by atoms with Crippen LogP contribution in [0.4, 0.5) is 8.78 Å². The van der Waals surface area contributed by atoms with Crippen molar-refractivity contribution in [1.29, 1.82) is 0 Å². The van der Waals surface area contributed by atoms with Crippen molar-refractivity contribution < 1.29 is 31.5 Å². The highest BCUT2D eigenvalue weighted by atomic mass is 35.5. The molecule has 1 aliphatic heterocycles. The summed E-state index contributed by atoms with van der Waals surface area (Å²) < 4.78 is 60.5. The molecule has 140 valence electrons. The Labute approximate surface area is 153 Å². The van der Waals surface area contributed by atoms with Crippen molar-refractivity contribution in [3.8, 4) is 5.75 Å². The van der Waals surface area contributed by atoms with E-state index in [0.717, 1.165) is 22.5 Å². The van der Waals surface area contributed by atoms with Gasteiger partial charge < -0.3 is 9.47 Å². The fourth-order valence-electron chi connectivity index (χ4n) is 2.27. The molecule has 25 heavy (non-hydrogen) atoms. The Hall–Kier alpha value is -1.10. The predicted molar refractivity (Wildman–Crippen MR) is 89.7 cm³/mol. The molecule has 2 rings (SSSR count). The fraction of sp³-hybridized carbons (Fsp3) is 0.500. The van der Waals surface area contributed by atoms with E-state index in [1.807, 2.05) is 0 Å². The molecule has 0 aromatic heterocycles. The van der Waals surface area contributed by atoms with E-state index in [4.69, 9.17) is 16.3 Å². The highest BCUT2D eigenvalue weighted by molar-refractivity contribution is 7.99. The number of sulfonamides is 1. The summed E-state index contributed by atoms with van der Waals surface area (Å²) in [6, 6.07) is 2.25. The van der Waals surface area contributed by atoms with E-state index in [1.54, 1.807) is 6.92 Å². The zero-order valence-corrected chi connectivity index (χ0v) is 15.5. The first-order valence-electron chi connectivity index (χ1n) is 7.28. The van der Waals surface area contributed by atoms with Crippen LogP contribution in [-0.4, -0.2) is 56.0 Å². The van der Waals surface area contributed by atoms with Crippen molar-refractivity contribution in [3.05, 3.63) is 23.2 Å². The quantitative estimate of drug-likeness (QED) is 0.665. The highest BCUT2D eigenvalue weighted by Gasteiger charge is 2.39. The second-order valence-corrected chi connectivity index (χ2v) is 8.38. The minimum Gasteiger partial charge on any atom is -0.465 e. The third-order valence-corrected chi connectivity index (χ3v) is 6.59. The maximum absolute atomic E-state index is 12.9. The minimum atomic E-state index is -4.05. The van der Waals surface area contributed by atoms with Gasteiger partial charge in [0.1, 0.15) is 11.8 Å². The van der Waals surface area contributed by atoms with Gasteiger partial charge in [-0.25, -0.2) is 8.42 Å². The lowest BCUT2D eigenvalue weighted by Crippen LogP contribution is -2.50. The van der Waals surface area contributed by atoms with E-state index in [-0.39, 0.29) is 34.6 Å². The Bertz CT molecular complexity index is 732. The van der Waals surface area contributed by atoms with Gasteiger partial charge in [0.25, 0.3) is 0 Å². The second-order valence-electron chi connectivity index (χ2n) is 4.93. The number of ether oxygens (including phenoxy) is 2. The summed E-state index contributed by atoms with van der Waals surface area (Å²) in [7, 11) is -4.05. The number of hydrogen-bond donors (Lipinski definition) is 0. The largest absolute Gasteiger partial charge is 0.465 e.